The predicted octanol–water partition coefficient (Wildman–Crippen LogP) is 0.908. The standard InChI is InChI=1S/C15H28O2S.Na/c1-2-3-4-5-6-7-8-9-10-11-13-18-14-12-15(16)17;/h12,14H,2-11,13H2,1H3,(H,16,17);/q;+1/p-1. The normalized spacial score (nSPS) is 10.6. The number of carboxylic acid groups (broad SMARTS) is 1. The van der Waals surface area contributed by atoms with E-state index in [0.29, 0.717) is 0 Å². The van der Waals surface area contributed by atoms with Gasteiger partial charge in [-0.15, -0.1) is 11.8 Å². The van der Waals surface area contributed by atoms with E-state index in [2.05, 4.69) is 6.92 Å². The molecule has 0 fully saturated rings. The Hall–Kier alpha value is 0.560. The number of aliphatic carboxylic acids is 1. The van der Waals surface area contributed by atoms with Gasteiger partial charge >= 0.3 is 29.6 Å². The Morgan fingerprint density at radius 3 is 1.89 bits per heavy atom. The van der Waals surface area contributed by atoms with E-state index >= 15 is 0 Å². The molecule has 0 bridgehead atoms. The van der Waals surface area contributed by atoms with Crippen LogP contribution in [0.3, 0.4) is 0 Å². The molecule has 0 saturated carbocycles. The van der Waals surface area contributed by atoms with E-state index in [1.807, 2.05) is 0 Å². The van der Waals surface area contributed by atoms with E-state index in [-0.39, 0.29) is 29.6 Å². The SMILES string of the molecule is CCCCCCCCCCCCSC=CC(=O)[O-].[Na+]. The quantitative estimate of drug-likeness (QED) is 0.288. The number of unbranched alkanes of at least 4 members (excludes halogenated alkanes) is 9. The Labute approximate surface area is 145 Å². The molecule has 0 aliphatic rings. The molecule has 0 aliphatic carbocycles. The number of carboxylic acids is 1. The number of thioether (sulfide) groups is 1. The zero-order chi connectivity index (χ0) is 13.5. The van der Waals surface area contributed by atoms with Gasteiger partial charge in [0.1, 0.15) is 0 Å². The molecule has 19 heavy (non-hydrogen) atoms. The van der Waals surface area contributed by atoms with E-state index in [1.54, 1.807) is 17.2 Å². The molecule has 0 spiro atoms. The van der Waals surface area contributed by atoms with Crippen LogP contribution in [-0.4, -0.2) is 11.7 Å². The van der Waals surface area contributed by atoms with E-state index in [4.69, 9.17) is 0 Å². The Balaban J connectivity index is 0. The summed E-state index contributed by atoms with van der Waals surface area (Å²) >= 11 is 1.56. The topological polar surface area (TPSA) is 40.1 Å². The van der Waals surface area contributed by atoms with Gasteiger partial charge in [-0.25, -0.2) is 0 Å². The summed E-state index contributed by atoms with van der Waals surface area (Å²) in [5.74, 6) is -0.0918. The number of carbonyl (C=O) groups excluding carboxylic acids is 1. The monoisotopic (exact) mass is 294 g/mol. The summed E-state index contributed by atoms with van der Waals surface area (Å²) < 4.78 is 0. The summed E-state index contributed by atoms with van der Waals surface area (Å²) in [5.41, 5.74) is 0. The molecule has 0 rings (SSSR count). The van der Waals surface area contributed by atoms with Crippen molar-refractivity contribution in [3.8, 4) is 0 Å². The first-order chi connectivity index (χ1) is 8.77. The summed E-state index contributed by atoms with van der Waals surface area (Å²) in [6.07, 6.45) is 14.5. The van der Waals surface area contributed by atoms with Crippen molar-refractivity contribution in [2.45, 2.75) is 71.1 Å². The number of hydrogen-bond acceptors (Lipinski definition) is 3. The number of hydrogen-bond donors (Lipinski definition) is 0. The van der Waals surface area contributed by atoms with Crippen molar-refractivity contribution in [1.29, 1.82) is 0 Å². The van der Waals surface area contributed by atoms with Crippen molar-refractivity contribution in [3.05, 3.63) is 11.5 Å². The van der Waals surface area contributed by atoms with Crippen LogP contribution in [0.25, 0.3) is 0 Å². The van der Waals surface area contributed by atoms with Gasteiger partial charge in [0.25, 0.3) is 0 Å². The van der Waals surface area contributed by atoms with Crippen molar-refractivity contribution < 1.29 is 39.5 Å². The fourth-order valence-corrected chi connectivity index (χ4v) is 2.56. The van der Waals surface area contributed by atoms with Crippen LogP contribution < -0.4 is 34.7 Å². The number of carbonyl (C=O) groups is 1. The molecule has 0 N–H and O–H groups in total. The average molecular weight is 294 g/mol. The second-order valence-electron chi connectivity index (χ2n) is 4.67. The van der Waals surface area contributed by atoms with Crippen LogP contribution in [-0.2, 0) is 4.79 Å². The van der Waals surface area contributed by atoms with Gasteiger partial charge in [-0.1, -0.05) is 64.7 Å². The maximum absolute atomic E-state index is 10.1. The van der Waals surface area contributed by atoms with Gasteiger partial charge in [-0.05, 0) is 23.7 Å². The van der Waals surface area contributed by atoms with Crippen LogP contribution in [0, 0.1) is 0 Å². The van der Waals surface area contributed by atoms with E-state index in [0.717, 1.165) is 11.8 Å². The average Bonchev–Trinajstić information content (AvgIpc) is 2.34. The van der Waals surface area contributed by atoms with Gasteiger partial charge in [0.15, 0.2) is 0 Å². The van der Waals surface area contributed by atoms with Crippen LogP contribution in [0.2, 0.25) is 0 Å². The molecule has 0 aromatic rings. The molecule has 0 saturated heterocycles. The van der Waals surface area contributed by atoms with E-state index < -0.39 is 5.97 Å². The molecule has 0 amide bonds. The van der Waals surface area contributed by atoms with Gasteiger partial charge in [0.2, 0.25) is 0 Å². The molecule has 4 heteroatoms. The fraction of sp³-hybridized carbons (Fsp3) is 0.800. The summed E-state index contributed by atoms with van der Waals surface area (Å²) in [6, 6.07) is 0. The van der Waals surface area contributed by atoms with Gasteiger partial charge in [0.05, 0.1) is 5.97 Å². The van der Waals surface area contributed by atoms with E-state index in [9.17, 15) is 9.90 Å². The van der Waals surface area contributed by atoms with E-state index in [1.165, 1.54) is 64.2 Å². The minimum absolute atomic E-state index is 0. The molecular formula is C15H27NaO2S. The Bertz CT molecular complexity index is 220. The summed E-state index contributed by atoms with van der Waals surface area (Å²) in [4.78, 5) is 10.1. The molecule has 0 atom stereocenters. The first-order valence-electron chi connectivity index (χ1n) is 7.26. The minimum Gasteiger partial charge on any atom is -0.545 e. The Morgan fingerprint density at radius 2 is 1.42 bits per heavy atom. The predicted molar refractivity (Wildman–Crippen MR) is 78.4 cm³/mol. The molecule has 0 aromatic heterocycles. The Morgan fingerprint density at radius 1 is 0.947 bits per heavy atom. The van der Waals surface area contributed by atoms with Crippen LogP contribution in [0.4, 0.5) is 0 Å². The first-order valence-corrected chi connectivity index (χ1v) is 8.31. The fourth-order valence-electron chi connectivity index (χ4n) is 1.84. The van der Waals surface area contributed by atoms with Crippen LogP contribution in [0.15, 0.2) is 11.5 Å². The maximum atomic E-state index is 10.1. The third kappa shape index (κ3) is 21.0. The zero-order valence-electron chi connectivity index (χ0n) is 12.7. The molecule has 0 heterocycles. The van der Waals surface area contributed by atoms with Crippen molar-refractivity contribution >= 4 is 17.7 Å². The van der Waals surface area contributed by atoms with Crippen LogP contribution in [0.5, 0.6) is 0 Å². The van der Waals surface area contributed by atoms with Crippen molar-refractivity contribution in [3.63, 3.8) is 0 Å². The minimum atomic E-state index is -1.11. The third-order valence-corrected chi connectivity index (χ3v) is 3.77. The first kappa shape index (κ1) is 21.9. The molecule has 0 radical (unpaired) electrons. The molecule has 2 nitrogen and oxygen atoms in total. The third-order valence-electron chi connectivity index (χ3n) is 2.92. The van der Waals surface area contributed by atoms with Crippen LogP contribution in [0.1, 0.15) is 71.1 Å². The summed E-state index contributed by atoms with van der Waals surface area (Å²) in [7, 11) is 0. The second kappa shape index (κ2) is 18.6. The Kier molecular flexibility index (Phi) is 21.3. The summed E-state index contributed by atoms with van der Waals surface area (Å²) in [6.45, 7) is 2.25. The molecular weight excluding hydrogens is 267 g/mol. The van der Waals surface area contributed by atoms with Gasteiger partial charge in [-0.2, -0.15) is 0 Å². The largest absolute Gasteiger partial charge is 1.00 e. The van der Waals surface area contributed by atoms with Crippen LogP contribution >= 0.6 is 11.8 Å². The van der Waals surface area contributed by atoms with Gasteiger partial charge in [0, 0.05) is 0 Å². The second-order valence-corrected chi connectivity index (χ2v) is 5.69. The zero-order valence-corrected chi connectivity index (χ0v) is 15.5. The maximum Gasteiger partial charge on any atom is 1.00 e. The van der Waals surface area contributed by atoms with Gasteiger partial charge < -0.3 is 9.90 Å². The molecule has 106 valence electrons. The molecule has 0 unspecified atom stereocenters. The van der Waals surface area contributed by atoms with Gasteiger partial charge in [-0.3, -0.25) is 0 Å². The molecule has 0 aromatic carbocycles. The van der Waals surface area contributed by atoms with Crippen molar-refractivity contribution in [2.24, 2.45) is 0 Å². The van der Waals surface area contributed by atoms with Crippen molar-refractivity contribution in [1.82, 2.24) is 0 Å². The number of rotatable bonds is 13. The van der Waals surface area contributed by atoms with Crippen molar-refractivity contribution in [2.75, 3.05) is 5.75 Å². The molecule has 0 aliphatic heterocycles. The summed E-state index contributed by atoms with van der Waals surface area (Å²) in [5, 5.41) is 11.7. The smallest absolute Gasteiger partial charge is 0.545 e.